The average molecular weight is 425 g/mol. The highest BCUT2D eigenvalue weighted by Gasteiger charge is 2.34. The maximum absolute atomic E-state index is 12.6. The van der Waals surface area contributed by atoms with Gasteiger partial charge in [0.05, 0.1) is 29.8 Å². The number of aliphatic hydroxyl groups excluding tert-OH is 1. The van der Waals surface area contributed by atoms with Crippen molar-refractivity contribution < 1.29 is 23.1 Å². The maximum atomic E-state index is 12.6. The number of rotatable bonds is 8. The lowest BCUT2D eigenvalue weighted by molar-refractivity contribution is -0.125. The molecule has 0 radical (unpaired) electrons. The zero-order valence-electron chi connectivity index (χ0n) is 17.0. The summed E-state index contributed by atoms with van der Waals surface area (Å²) in [6, 6.07) is 6.18. The molecule has 1 aliphatic carbocycles. The predicted molar refractivity (Wildman–Crippen MR) is 110 cm³/mol. The van der Waals surface area contributed by atoms with Crippen LogP contribution in [0.3, 0.4) is 0 Å². The van der Waals surface area contributed by atoms with E-state index in [-0.39, 0.29) is 29.4 Å². The second-order valence-corrected chi connectivity index (χ2v) is 9.87. The Morgan fingerprint density at radius 3 is 2.48 bits per heavy atom. The molecule has 0 bridgehead atoms. The number of hydrogen-bond donors (Lipinski definition) is 3. The van der Waals surface area contributed by atoms with Gasteiger partial charge in [0.25, 0.3) is 0 Å². The van der Waals surface area contributed by atoms with Crippen LogP contribution in [0.1, 0.15) is 50.5 Å². The lowest BCUT2D eigenvalue weighted by Crippen LogP contribution is -2.51. The van der Waals surface area contributed by atoms with E-state index in [0.29, 0.717) is 25.8 Å². The number of carbonyl (C=O) groups is 1. The van der Waals surface area contributed by atoms with Gasteiger partial charge in [0.2, 0.25) is 15.9 Å². The van der Waals surface area contributed by atoms with Gasteiger partial charge in [-0.3, -0.25) is 4.79 Å². The van der Waals surface area contributed by atoms with Gasteiger partial charge in [0.1, 0.15) is 0 Å². The molecule has 3 rings (SSSR count). The highest BCUT2D eigenvalue weighted by atomic mass is 32.2. The van der Waals surface area contributed by atoms with Crippen LogP contribution in [0.15, 0.2) is 29.2 Å². The Morgan fingerprint density at radius 2 is 1.83 bits per heavy atom. The van der Waals surface area contributed by atoms with E-state index < -0.39 is 22.2 Å². The van der Waals surface area contributed by atoms with Crippen LogP contribution in [0.5, 0.6) is 0 Å². The summed E-state index contributed by atoms with van der Waals surface area (Å²) in [5, 5.41) is 12.7. The summed E-state index contributed by atoms with van der Waals surface area (Å²) in [6.45, 7) is 2.18. The van der Waals surface area contributed by atoms with Gasteiger partial charge in [-0.2, -0.15) is 0 Å². The summed E-state index contributed by atoms with van der Waals surface area (Å²) in [5.41, 5.74) is 0.987. The van der Waals surface area contributed by atoms with Crippen molar-refractivity contribution in [3.63, 3.8) is 0 Å². The van der Waals surface area contributed by atoms with Crippen LogP contribution in [0.25, 0.3) is 0 Å². The number of aliphatic hydroxyl groups is 1. The summed E-state index contributed by atoms with van der Waals surface area (Å²) >= 11 is 0. The van der Waals surface area contributed by atoms with Crippen LogP contribution < -0.4 is 10.0 Å². The van der Waals surface area contributed by atoms with Gasteiger partial charge in [-0.25, -0.2) is 13.1 Å². The molecule has 2 fully saturated rings. The first kappa shape index (κ1) is 22.2. The van der Waals surface area contributed by atoms with Crippen LogP contribution in [0.2, 0.25) is 0 Å². The second-order valence-electron chi connectivity index (χ2n) is 8.16. The highest BCUT2D eigenvalue weighted by Crippen LogP contribution is 2.25. The summed E-state index contributed by atoms with van der Waals surface area (Å²) in [6.07, 6.45) is 5.42. The Morgan fingerprint density at radius 1 is 1.14 bits per heavy atom. The molecule has 0 aromatic heterocycles. The van der Waals surface area contributed by atoms with Gasteiger partial charge in [-0.05, 0) is 51.2 Å². The quantitative estimate of drug-likeness (QED) is 0.591. The minimum Gasteiger partial charge on any atom is -0.394 e. The van der Waals surface area contributed by atoms with Gasteiger partial charge in [0.15, 0.2) is 0 Å². The third-order valence-corrected chi connectivity index (χ3v) is 7.43. The number of aryl methyl sites for hydroxylation is 1. The molecule has 1 aromatic rings. The molecule has 7 nitrogen and oxygen atoms in total. The van der Waals surface area contributed by atoms with Crippen molar-refractivity contribution in [3.05, 3.63) is 29.8 Å². The van der Waals surface area contributed by atoms with E-state index in [4.69, 9.17) is 4.74 Å². The minimum atomic E-state index is -3.67. The number of amides is 1. The molecule has 29 heavy (non-hydrogen) atoms. The molecule has 1 aromatic carbocycles. The van der Waals surface area contributed by atoms with Crippen LogP contribution in [0, 0.1) is 12.8 Å². The molecule has 1 heterocycles. The third kappa shape index (κ3) is 6.01. The van der Waals surface area contributed by atoms with Crippen molar-refractivity contribution in [2.45, 2.75) is 75.0 Å². The fourth-order valence-corrected chi connectivity index (χ4v) is 5.45. The lowest BCUT2D eigenvalue weighted by Gasteiger charge is -2.36. The number of sulfonamides is 1. The van der Waals surface area contributed by atoms with E-state index in [0.717, 1.165) is 31.2 Å². The van der Waals surface area contributed by atoms with E-state index >= 15 is 0 Å². The topological polar surface area (TPSA) is 105 Å². The standard InChI is InChI=1S/C21H32N2O5S/c1-15-6-9-18(10-7-15)29(26,27)23-19-11-8-17(28-20(19)14-24)12-13-22-21(25)16-4-2-3-5-16/h6-7,9-10,16-17,19-20,23-24H,2-5,8,11-14H2,1H3,(H,22,25)/t17-,19-,20-/m0/s1. The summed E-state index contributed by atoms with van der Waals surface area (Å²) in [5.74, 6) is 0.272. The first-order valence-corrected chi connectivity index (χ1v) is 12.0. The number of nitrogens with one attached hydrogen (secondary N) is 2. The first-order valence-electron chi connectivity index (χ1n) is 10.5. The molecule has 1 aliphatic heterocycles. The van der Waals surface area contributed by atoms with Gasteiger partial charge >= 0.3 is 0 Å². The lowest BCUT2D eigenvalue weighted by atomic mass is 9.98. The Hall–Kier alpha value is -1.48. The van der Waals surface area contributed by atoms with Gasteiger partial charge < -0.3 is 15.2 Å². The second kappa shape index (κ2) is 10.0. The average Bonchev–Trinajstić information content (AvgIpc) is 3.24. The molecule has 3 N–H and O–H groups in total. The molecule has 2 aliphatic rings. The number of ether oxygens (including phenoxy) is 1. The van der Waals surface area contributed by atoms with Crippen molar-refractivity contribution in [1.82, 2.24) is 10.0 Å². The molecule has 8 heteroatoms. The Labute approximate surface area is 173 Å². The van der Waals surface area contributed by atoms with E-state index in [1.54, 1.807) is 24.3 Å². The summed E-state index contributed by atoms with van der Waals surface area (Å²) < 4.78 is 33.9. The monoisotopic (exact) mass is 424 g/mol. The van der Waals surface area contributed by atoms with E-state index in [2.05, 4.69) is 10.0 Å². The molecule has 1 amide bonds. The van der Waals surface area contributed by atoms with E-state index in [1.807, 2.05) is 6.92 Å². The van der Waals surface area contributed by atoms with Crippen LogP contribution >= 0.6 is 0 Å². The van der Waals surface area contributed by atoms with Crippen molar-refractivity contribution in [2.75, 3.05) is 13.2 Å². The zero-order valence-corrected chi connectivity index (χ0v) is 17.8. The normalized spacial score (nSPS) is 25.8. The van der Waals surface area contributed by atoms with E-state index in [1.165, 1.54) is 0 Å². The fourth-order valence-electron chi connectivity index (χ4n) is 4.15. The highest BCUT2D eigenvalue weighted by molar-refractivity contribution is 7.89. The van der Waals surface area contributed by atoms with Crippen molar-refractivity contribution in [2.24, 2.45) is 5.92 Å². The molecule has 3 atom stereocenters. The number of hydrogen-bond acceptors (Lipinski definition) is 5. The molecular weight excluding hydrogens is 392 g/mol. The zero-order chi connectivity index (χ0) is 20.9. The van der Waals surface area contributed by atoms with Gasteiger partial charge in [-0.1, -0.05) is 30.5 Å². The maximum Gasteiger partial charge on any atom is 0.240 e. The van der Waals surface area contributed by atoms with Gasteiger partial charge in [0, 0.05) is 12.5 Å². The molecular formula is C21H32N2O5S. The van der Waals surface area contributed by atoms with Crippen LogP contribution in [0.4, 0.5) is 0 Å². The molecule has 0 unspecified atom stereocenters. The van der Waals surface area contributed by atoms with E-state index in [9.17, 15) is 18.3 Å². The molecule has 1 saturated carbocycles. The van der Waals surface area contributed by atoms with Crippen molar-refractivity contribution in [3.8, 4) is 0 Å². The fraction of sp³-hybridized carbons (Fsp3) is 0.667. The number of carbonyl (C=O) groups excluding carboxylic acids is 1. The van der Waals surface area contributed by atoms with Crippen molar-refractivity contribution in [1.29, 1.82) is 0 Å². The largest absolute Gasteiger partial charge is 0.394 e. The van der Waals surface area contributed by atoms with Crippen LogP contribution in [-0.2, 0) is 19.6 Å². The molecule has 0 spiro atoms. The Bertz CT molecular complexity index is 775. The summed E-state index contributed by atoms with van der Waals surface area (Å²) in [7, 11) is -3.67. The SMILES string of the molecule is Cc1ccc(S(=O)(=O)N[C@H]2CC[C@@H](CCNC(=O)C3CCCC3)O[C@H]2CO)cc1. The smallest absolute Gasteiger partial charge is 0.240 e. The number of benzene rings is 1. The predicted octanol–water partition coefficient (Wildman–Crippen LogP) is 1.88. The van der Waals surface area contributed by atoms with Crippen molar-refractivity contribution >= 4 is 15.9 Å². The molecule has 1 saturated heterocycles. The molecule has 162 valence electrons. The van der Waals surface area contributed by atoms with Gasteiger partial charge in [-0.15, -0.1) is 0 Å². The minimum absolute atomic E-state index is 0.101. The summed E-state index contributed by atoms with van der Waals surface area (Å²) in [4.78, 5) is 12.3. The van der Waals surface area contributed by atoms with Crippen LogP contribution in [-0.4, -0.2) is 50.8 Å². The third-order valence-electron chi connectivity index (χ3n) is 5.92. The first-order chi connectivity index (χ1) is 13.9. The Balaban J connectivity index is 1.48. The Kier molecular flexibility index (Phi) is 7.67.